The predicted molar refractivity (Wildman–Crippen MR) is 225 cm³/mol. The van der Waals surface area contributed by atoms with Crippen LogP contribution < -0.4 is 14.1 Å². The third-order valence-electron chi connectivity index (χ3n) is 12.2. The van der Waals surface area contributed by atoms with Crippen LogP contribution in [0.2, 0.25) is 18.3 Å². The van der Waals surface area contributed by atoms with Crippen LogP contribution in [0.3, 0.4) is 0 Å². The molecular formula is C46H70O4SiSn. The molecule has 52 heavy (non-hydrogen) atoms. The number of hydrogen-bond acceptors (Lipinski definition) is 4. The summed E-state index contributed by atoms with van der Waals surface area (Å²) >= 11 is -2.89. The molecule has 0 amide bonds. The number of rotatable bonds is 19. The molecule has 0 bridgehead atoms. The van der Waals surface area contributed by atoms with Gasteiger partial charge >= 0.3 is 324 Å². The fraction of sp³-hybridized carbons (Fsp3) is 0.587. The van der Waals surface area contributed by atoms with E-state index in [1.165, 1.54) is 71.6 Å². The fourth-order valence-electron chi connectivity index (χ4n) is 9.15. The van der Waals surface area contributed by atoms with E-state index in [9.17, 15) is 4.79 Å². The number of unbranched alkanes of at least 4 members (excludes halogenated alkanes) is 3. The number of esters is 1. The Morgan fingerprint density at radius 3 is 1.81 bits per heavy atom. The van der Waals surface area contributed by atoms with Crippen LogP contribution in [0.5, 0.6) is 0 Å². The SMILES string of the molecule is CCC[CH2][Sn]([CH2]CCC)([CH2]CCC)[c]1ccc([C@H](C[C@H]2C(C)=CCC(C(C)C)[C@@H]2C(=O)OC)O[Si](c2ccccc2)(c2ccccc2)C(C)(C)C)o1. The van der Waals surface area contributed by atoms with E-state index in [-0.39, 0.29) is 34.9 Å². The Hall–Kier alpha value is -2.09. The van der Waals surface area contributed by atoms with E-state index in [0.29, 0.717) is 12.3 Å². The van der Waals surface area contributed by atoms with Crippen molar-refractivity contribution in [1.29, 1.82) is 0 Å². The molecule has 0 spiro atoms. The number of furan rings is 1. The topological polar surface area (TPSA) is 48.7 Å². The summed E-state index contributed by atoms with van der Waals surface area (Å²) in [5, 5.41) is 2.32. The molecule has 0 saturated heterocycles. The van der Waals surface area contributed by atoms with Gasteiger partial charge in [0.1, 0.15) is 0 Å². The van der Waals surface area contributed by atoms with Gasteiger partial charge in [-0.25, -0.2) is 0 Å². The quantitative estimate of drug-likeness (QED) is 0.0686. The normalized spacial score (nSPS) is 19.1. The van der Waals surface area contributed by atoms with Crippen LogP contribution in [-0.4, -0.2) is 39.8 Å². The Balaban J connectivity index is 1.97. The van der Waals surface area contributed by atoms with Gasteiger partial charge < -0.3 is 0 Å². The second kappa shape index (κ2) is 19.5. The molecule has 1 aliphatic rings. The number of benzene rings is 2. The van der Waals surface area contributed by atoms with Gasteiger partial charge in [0.2, 0.25) is 0 Å². The molecular weight excluding hydrogens is 763 g/mol. The van der Waals surface area contributed by atoms with Gasteiger partial charge in [0.05, 0.1) is 0 Å². The summed E-state index contributed by atoms with van der Waals surface area (Å²) in [5.74, 6) is 1.16. The fourth-order valence-corrected chi connectivity index (χ4v) is 29.1. The molecule has 1 unspecified atom stereocenters. The average molecular weight is 834 g/mol. The molecule has 4 atom stereocenters. The van der Waals surface area contributed by atoms with Crippen molar-refractivity contribution >= 4 is 46.8 Å². The van der Waals surface area contributed by atoms with E-state index >= 15 is 0 Å². The van der Waals surface area contributed by atoms with E-state index in [1.54, 1.807) is 7.11 Å². The van der Waals surface area contributed by atoms with E-state index in [2.05, 4.69) is 141 Å². The zero-order chi connectivity index (χ0) is 37.9. The Bertz CT molecular complexity index is 1480. The van der Waals surface area contributed by atoms with Crippen LogP contribution in [0.4, 0.5) is 0 Å². The monoisotopic (exact) mass is 834 g/mol. The first-order valence-electron chi connectivity index (χ1n) is 20.5. The van der Waals surface area contributed by atoms with Crippen LogP contribution in [0, 0.1) is 23.7 Å². The van der Waals surface area contributed by atoms with Gasteiger partial charge in [-0.1, -0.05) is 0 Å². The summed E-state index contributed by atoms with van der Waals surface area (Å²) < 4.78 is 26.3. The summed E-state index contributed by atoms with van der Waals surface area (Å²) in [5.41, 5.74) is 1.26. The number of carbonyl (C=O) groups is 1. The van der Waals surface area contributed by atoms with Crippen molar-refractivity contribution in [2.45, 2.75) is 138 Å². The minimum atomic E-state index is -2.98. The van der Waals surface area contributed by atoms with Crippen molar-refractivity contribution in [2.75, 3.05) is 7.11 Å². The van der Waals surface area contributed by atoms with Crippen molar-refractivity contribution in [1.82, 2.24) is 0 Å². The number of allylic oxidation sites excluding steroid dienone is 2. The van der Waals surface area contributed by atoms with E-state index in [0.717, 1.165) is 12.2 Å². The standard InChI is InChI=1S/C34H43O4Si.3C4H9.Sn/c1-24(2)28-21-20-25(3)29(32(28)33(35)36-7)23-31(30-19-14-22-37-30)38-39(34(4,5)6,26-15-10-8-11-16-26)27-17-12-9-13-18-27;3*1-3-4-2;/h8-20,24,28-29,31-32H,21,23H2,1-7H3;3*1,3-4H2,2H3;/t28?,29-,31-,32-;;;;/m0..../s1. The second-order valence-electron chi connectivity index (χ2n) is 17.0. The molecule has 6 heteroatoms. The van der Waals surface area contributed by atoms with E-state index in [1.807, 2.05) is 0 Å². The molecule has 0 fully saturated rings. The molecule has 2 aromatic carbocycles. The molecule has 0 radical (unpaired) electrons. The van der Waals surface area contributed by atoms with Crippen molar-refractivity contribution in [3.05, 3.63) is 90.2 Å². The predicted octanol–water partition coefficient (Wildman–Crippen LogP) is 11.4. The van der Waals surface area contributed by atoms with Crippen LogP contribution in [-0.2, 0) is 14.0 Å². The third kappa shape index (κ3) is 9.58. The molecule has 286 valence electrons. The van der Waals surface area contributed by atoms with Gasteiger partial charge in [0, 0.05) is 0 Å². The number of carbonyl (C=O) groups excluding carboxylic acids is 1. The zero-order valence-electron chi connectivity index (χ0n) is 34.3. The van der Waals surface area contributed by atoms with Gasteiger partial charge in [-0.2, -0.15) is 0 Å². The Labute approximate surface area is 322 Å². The van der Waals surface area contributed by atoms with Crippen LogP contribution in [0.25, 0.3) is 0 Å². The molecule has 0 saturated carbocycles. The summed E-state index contributed by atoms with van der Waals surface area (Å²) in [6, 6.07) is 26.6. The van der Waals surface area contributed by atoms with Crippen LogP contribution in [0.15, 0.2) is 88.9 Å². The van der Waals surface area contributed by atoms with Crippen molar-refractivity contribution in [3.8, 4) is 0 Å². The van der Waals surface area contributed by atoms with Gasteiger partial charge in [0.25, 0.3) is 0 Å². The first-order valence-corrected chi connectivity index (χ1v) is 29.9. The molecule has 1 aromatic heterocycles. The van der Waals surface area contributed by atoms with Crippen molar-refractivity contribution < 1.29 is 18.4 Å². The first kappa shape index (κ1) is 42.6. The summed E-state index contributed by atoms with van der Waals surface area (Å²) in [4.78, 5) is 13.8. The van der Waals surface area contributed by atoms with Gasteiger partial charge in [-0.15, -0.1) is 0 Å². The molecule has 1 aliphatic carbocycles. The van der Waals surface area contributed by atoms with Crippen LogP contribution in [0.1, 0.15) is 126 Å². The maximum absolute atomic E-state index is 13.8. The van der Waals surface area contributed by atoms with Crippen molar-refractivity contribution in [2.24, 2.45) is 23.7 Å². The van der Waals surface area contributed by atoms with Crippen LogP contribution >= 0.6 is 0 Å². The van der Waals surface area contributed by atoms with Gasteiger partial charge in [-0.05, 0) is 0 Å². The Kier molecular flexibility index (Phi) is 16.0. The Morgan fingerprint density at radius 1 is 0.846 bits per heavy atom. The van der Waals surface area contributed by atoms with Crippen molar-refractivity contribution in [3.63, 3.8) is 0 Å². The first-order chi connectivity index (χ1) is 24.9. The number of ether oxygens (including phenoxy) is 1. The van der Waals surface area contributed by atoms with Gasteiger partial charge in [0.15, 0.2) is 0 Å². The molecule has 0 N–H and O–H groups in total. The number of methoxy groups -OCH3 is 1. The molecule has 4 rings (SSSR count). The van der Waals surface area contributed by atoms with E-state index < -0.39 is 26.7 Å². The summed E-state index contributed by atoms with van der Waals surface area (Å²) in [6.45, 7) is 20.8. The molecule has 3 aromatic rings. The molecule has 1 heterocycles. The second-order valence-corrected chi connectivity index (χ2v) is 34.3. The summed E-state index contributed by atoms with van der Waals surface area (Å²) in [7, 11) is -1.43. The Morgan fingerprint density at radius 2 is 1.37 bits per heavy atom. The zero-order valence-corrected chi connectivity index (χ0v) is 38.2. The minimum absolute atomic E-state index is 0.0149. The van der Waals surface area contributed by atoms with E-state index in [4.69, 9.17) is 13.6 Å². The summed E-state index contributed by atoms with van der Waals surface area (Å²) in [6.07, 6.45) is 11.1. The molecule has 0 aliphatic heterocycles. The third-order valence-corrected chi connectivity index (χ3v) is 32.2. The average Bonchev–Trinajstić information content (AvgIpc) is 3.64. The van der Waals surface area contributed by atoms with Gasteiger partial charge in [-0.3, -0.25) is 0 Å². The number of hydrogen-bond donors (Lipinski definition) is 0. The molecule has 4 nitrogen and oxygen atoms in total. The maximum atomic E-state index is 13.8.